The van der Waals surface area contributed by atoms with Crippen molar-refractivity contribution >= 4 is 5.91 Å². The Bertz CT molecular complexity index is 1040. The molecule has 0 fully saturated rings. The van der Waals surface area contributed by atoms with Crippen molar-refractivity contribution in [1.82, 2.24) is 20.3 Å². The summed E-state index contributed by atoms with van der Waals surface area (Å²) in [5.41, 5.74) is -1.47. The summed E-state index contributed by atoms with van der Waals surface area (Å²) < 4.78 is 54.9. The summed E-state index contributed by atoms with van der Waals surface area (Å²) in [5, 5.41) is 9.57. The maximum atomic E-state index is 13.7. The van der Waals surface area contributed by atoms with E-state index in [0.717, 1.165) is 29.8 Å². The van der Waals surface area contributed by atoms with Crippen LogP contribution in [0.1, 0.15) is 48.9 Å². The maximum absolute atomic E-state index is 13.7. The van der Waals surface area contributed by atoms with Crippen molar-refractivity contribution in [2.45, 2.75) is 44.8 Å². The Labute approximate surface area is 177 Å². The zero-order chi connectivity index (χ0) is 22.8. The molecule has 5 nitrogen and oxygen atoms in total. The van der Waals surface area contributed by atoms with Gasteiger partial charge in [-0.3, -0.25) is 4.79 Å². The van der Waals surface area contributed by atoms with Gasteiger partial charge in [0.25, 0.3) is 5.91 Å². The van der Waals surface area contributed by atoms with Crippen LogP contribution < -0.4 is 5.32 Å². The average Bonchev–Trinajstić information content (AvgIpc) is 3.14. The summed E-state index contributed by atoms with van der Waals surface area (Å²) in [4.78, 5) is 12.7. The van der Waals surface area contributed by atoms with E-state index in [4.69, 9.17) is 0 Å². The van der Waals surface area contributed by atoms with Gasteiger partial charge in [0.15, 0.2) is 11.4 Å². The van der Waals surface area contributed by atoms with Crippen LogP contribution in [0.25, 0.3) is 5.69 Å². The first-order valence-corrected chi connectivity index (χ1v) is 9.64. The van der Waals surface area contributed by atoms with Gasteiger partial charge < -0.3 is 5.32 Å². The van der Waals surface area contributed by atoms with E-state index in [1.807, 2.05) is 44.2 Å². The summed E-state index contributed by atoms with van der Waals surface area (Å²) in [6, 6.07) is 13.5. The van der Waals surface area contributed by atoms with Gasteiger partial charge in [-0.25, -0.2) is 9.07 Å². The third kappa shape index (κ3) is 5.10. The molecule has 0 radical (unpaired) electrons. The Hall–Kier alpha value is -3.23. The van der Waals surface area contributed by atoms with Gasteiger partial charge in [-0.05, 0) is 48.6 Å². The van der Waals surface area contributed by atoms with E-state index in [0.29, 0.717) is 11.1 Å². The monoisotopic (exact) mass is 434 g/mol. The van der Waals surface area contributed by atoms with Gasteiger partial charge in [0.05, 0.1) is 5.69 Å². The number of alkyl halides is 3. The van der Waals surface area contributed by atoms with Gasteiger partial charge in [0.2, 0.25) is 0 Å². The molecule has 1 atom stereocenters. The Morgan fingerprint density at radius 3 is 2.26 bits per heavy atom. The number of halogens is 4. The SMILES string of the molecule is CC(CC(C)(C)c1ccccc1)NC(=O)c1nnn(-c2ccc(F)cc2)c1C(F)(F)F. The highest BCUT2D eigenvalue weighted by molar-refractivity contribution is 5.93. The lowest BCUT2D eigenvalue weighted by molar-refractivity contribution is -0.143. The predicted molar refractivity (Wildman–Crippen MR) is 107 cm³/mol. The number of benzene rings is 2. The van der Waals surface area contributed by atoms with Crippen LogP contribution in [-0.4, -0.2) is 26.9 Å². The lowest BCUT2D eigenvalue weighted by Gasteiger charge is -2.29. The van der Waals surface area contributed by atoms with Crippen LogP contribution in [-0.2, 0) is 11.6 Å². The van der Waals surface area contributed by atoms with E-state index in [-0.39, 0.29) is 11.1 Å². The lowest BCUT2D eigenvalue weighted by Crippen LogP contribution is -2.38. The summed E-state index contributed by atoms with van der Waals surface area (Å²) in [5.74, 6) is -1.58. The molecule has 1 amide bonds. The molecule has 2 aromatic carbocycles. The molecule has 1 aromatic heterocycles. The summed E-state index contributed by atoms with van der Waals surface area (Å²) >= 11 is 0. The van der Waals surface area contributed by atoms with Crippen molar-refractivity contribution in [3.63, 3.8) is 0 Å². The van der Waals surface area contributed by atoms with E-state index < -0.39 is 35.3 Å². The first kappa shape index (κ1) is 22.5. The zero-order valence-corrected chi connectivity index (χ0v) is 17.2. The third-order valence-corrected chi connectivity index (χ3v) is 4.97. The minimum Gasteiger partial charge on any atom is -0.348 e. The van der Waals surface area contributed by atoms with Gasteiger partial charge in [-0.1, -0.05) is 49.4 Å². The second kappa shape index (κ2) is 8.49. The number of carbonyl (C=O) groups is 1. The van der Waals surface area contributed by atoms with Gasteiger partial charge in [0, 0.05) is 6.04 Å². The highest BCUT2D eigenvalue weighted by atomic mass is 19.4. The highest BCUT2D eigenvalue weighted by Gasteiger charge is 2.42. The molecule has 3 aromatic rings. The molecule has 0 aliphatic heterocycles. The number of carbonyl (C=O) groups excluding carboxylic acids is 1. The van der Waals surface area contributed by atoms with Gasteiger partial charge >= 0.3 is 6.18 Å². The molecular formula is C22H22F4N4O. The minimum atomic E-state index is -4.89. The van der Waals surface area contributed by atoms with Crippen molar-refractivity contribution < 1.29 is 22.4 Å². The Morgan fingerprint density at radius 1 is 1.06 bits per heavy atom. The van der Waals surface area contributed by atoms with E-state index in [1.54, 1.807) is 6.92 Å². The number of nitrogens with one attached hydrogen (secondary N) is 1. The topological polar surface area (TPSA) is 59.8 Å². The number of hydrogen-bond acceptors (Lipinski definition) is 3. The van der Waals surface area contributed by atoms with Crippen LogP contribution in [0.4, 0.5) is 17.6 Å². The van der Waals surface area contributed by atoms with Crippen LogP contribution in [0.15, 0.2) is 54.6 Å². The second-order valence-corrected chi connectivity index (χ2v) is 8.00. The summed E-state index contributed by atoms with van der Waals surface area (Å²) in [6.07, 6.45) is -4.40. The fraction of sp³-hybridized carbons (Fsp3) is 0.318. The van der Waals surface area contributed by atoms with E-state index in [2.05, 4.69) is 15.6 Å². The number of amides is 1. The molecule has 1 unspecified atom stereocenters. The second-order valence-electron chi connectivity index (χ2n) is 8.00. The Kier molecular flexibility index (Phi) is 6.15. The molecule has 164 valence electrons. The number of aromatic nitrogens is 3. The lowest BCUT2D eigenvalue weighted by atomic mass is 9.79. The molecule has 0 spiro atoms. The molecule has 0 aliphatic carbocycles. The van der Waals surface area contributed by atoms with Crippen LogP contribution in [0.3, 0.4) is 0 Å². The maximum Gasteiger partial charge on any atom is 0.435 e. The standard InChI is InChI=1S/C22H22F4N4O/c1-14(13-21(2,3)15-7-5-4-6-8-15)27-20(31)18-19(22(24,25)26)30(29-28-18)17-11-9-16(23)10-12-17/h4-12,14H,13H2,1-3H3,(H,27,31). The van der Waals surface area contributed by atoms with Gasteiger partial charge in [-0.15, -0.1) is 5.10 Å². The van der Waals surface area contributed by atoms with E-state index in [1.165, 1.54) is 0 Å². The molecule has 1 heterocycles. The minimum absolute atomic E-state index is 0.0569. The summed E-state index contributed by atoms with van der Waals surface area (Å²) in [6.45, 7) is 5.72. The molecule has 0 saturated heterocycles. The van der Waals surface area contributed by atoms with E-state index >= 15 is 0 Å². The number of rotatable bonds is 6. The fourth-order valence-corrected chi connectivity index (χ4v) is 3.57. The molecule has 0 aliphatic rings. The normalized spacial score (nSPS) is 13.1. The quantitative estimate of drug-likeness (QED) is 0.561. The molecular weight excluding hydrogens is 412 g/mol. The van der Waals surface area contributed by atoms with Gasteiger partial charge in [0.1, 0.15) is 5.82 Å². The zero-order valence-electron chi connectivity index (χ0n) is 17.2. The van der Waals surface area contributed by atoms with Crippen molar-refractivity contribution in [3.05, 3.63) is 77.4 Å². The smallest absolute Gasteiger partial charge is 0.348 e. The van der Waals surface area contributed by atoms with Crippen molar-refractivity contribution in [2.75, 3.05) is 0 Å². The largest absolute Gasteiger partial charge is 0.435 e. The van der Waals surface area contributed by atoms with Crippen LogP contribution >= 0.6 is 0 Å². The predicted octanol–water partition coefficient (Wildman–Crippen LogP) is 4.91. The fourth-order valence-electron chi connectivity index (χ4n) is 3.57. The first-order chi connectivity index (χ1) is 14.5. The number of hydrogen-bond donors (Lipinski definition) is 1. The van der Waals surface area contributed by atoms with Gasteiger partial charge in [-0.2, -0.15) is 13.2 Å². The highest BCUT2D eigenvalue weighted by Crippen LogP contribution is 2.33. The van der Waals surface area contributed by atoms with Crippen LogP contribution in [0.2, 0.25) is 0 Å². The van der Waals surface area contributed by atoms with Crippen molar-refractivity contribution in [1.29, 1.82) is 0 Å². The average molecular weight is 434 g/mol. The molecule has 3 rings (SSSR count). The van der Waals surface area contributed by atoms with Crippen molar-refractivity contribution in [2.24, 2.45) is 0 Å². The van der Waals surface area contributed by atoms with Crippen molar-refractivity contribution in [3.8, 4) is 5.69 Å². The Morgan fingerprint density at radius 2 is 1.68 bits per heavy atom. The molecule has 9 heteroatoms. The number of nitrogens with zero attached hydrogens (tertiary/aromatic N) is 3. The van der Waals surface area contributed by atoms with Crippen LogP contribution in [0, 0.1) is 5.82 Å². The molecule has 31 heavy (non-hydrogen) atoms. The molecule has 1 N–H and O–H groups in total. The first-order valence-electron chi connectivity index (χ1n) is 9.64. The van der Waals surface area contributed by atoms with E-state index in [9.17, 15) is 22.4 Å². The Balaban J connectivity index is 1.84. The third-order valence-electron chi connectivity index (χ3n) is 4.97. The molecule has 0 saturated carbocycles. The summed E-state index contributed by atoms with van der Waals surface area (Å²) in [7, 11) is 0. The molecule has 0 bridgehead atoms. The van der Waals surface area contributed by atoms with Crippen LogP contribution in [0.5, 0.6) is 0 Å².